The van der Waals surface area contributed by atoms with E-state index in [0.717, 1.165) is 11.7 Å². The van der Waals surface area contributed by atoms with Crippen LogP contribution in [-0.4, -0.2) is 9.97 Å². The van der Waals surface area contributed by atoms with Crippen molar-refractivity contribution in [3.63, 3.8) is 0 Å². The number of aromatic nitrogens is 2. The summed E-state index contributed by atoms with van der Waals surface area (Å²) in [6, 6.07) is 1.88. The molecule has 14 heavy (non-hydrogen) atoms. The molecule has 1 aliphatic carbocycles. The van der Waals surface area contributed by atoms with Gasteiger partial charge in [-0.3, -0.25) is 0 Å². The second kappa shape index (κ2) is 3.34. The second-order valence-corrected chi connectivity index (χ2v) is 4.96. The van der Waals surface area contributed by atoms with Gasteiger partial charge in [-0.15, -0.1) is 0 Å². The van der Waals surface area contributed by atoms with Crippen molar-refractivity contribution in [2.75, 3.05) is 0 Å². The first-order valence-corrected chi connectivity index (χ1v) is 5.39. The number of rotatable bonds is 1. The van der Waals surface area contributed by atoms with Crippen LogP contribution in [0.15, 0.2) is 18.5 Å². The van der Waals surface area contributed by atoms with Gasteiger partial charge in [-0.05, 0) is 30.2 Å². The Morgan fingerprint density at radius 3 is 2.36 bits per heavy atom. The molecule has 2 atom stereocenters. The van der Waals surface area contributed by atoms with Gasteiger partial charge in [0.2, 0.25) is 0 Å². The molecule has 1 aromatic rings. The minimum atomic E-state index is 0.349. The Balaban J connectivity index is 2.29. The number of hydrogen-bond donors (Lipinski definition) is 0. The van der Waals surface area contributed by atoms with Crippen LogP contribution in [0.3, 0.4) is 0 Å². The smallest absolute Gasteiger partial charge is 0.131 e. The van der Waals surface area contributed by atoms with Gasteiger partial charge in [0.05, 0.1) is 0 Å². The van der Waals surface area contributed by atoms with Crippen molar-refractivity contribution in [2.24, 2.45) is 11.3 Å². The molecule has 0 amide bonds. The largest absolute Gasteiger partial charge is 0.241 e. The van der Waals surface area contributed by atoms with Gasteiger partial charge in [0.25, 0.3) is 0 Å². The molecular formula is C12H18N2. The molecule has 0 spiro atoms. The van der Waals surface area contributed by atoms with E-state index >= 15 is 0 Å². The average Bonchev–Trinajstić information content (AvgIpc) is 2.44. The maximum atomic E-state index is 4.38. The summed E-state index contributed by atoms with van der Waals surface area (Å²) in [6.07, 6.45) is 6.23. The van der Waals surface area contributed by atoms with Crippen molar-refractivity contribution >= 4 is 0 Å². The van der Waals surface area contributed by atoms with Gasteiger partial charge in [0.15, 0.2) is 0 Å². The number of hydrogen-bond acceptors (Lipinski definition) is 2. The summed E-state index contributed by atoms with van der Waals surface area (Å²) in [5.41, 5.74) is 0.349. The van der Waals surface area contributed by atoms with Crippen molar-refractivity contribution in [1.82, 2.24) is 9.97 Å². The van der Waals surface area contributed by atoms with Crippen LogP contribution < -0.4 is 0 Å². The van der Waals surface area contributed by atoms with E-state index in [-0.39, 0.29) is 0 Å². The second-order valence-electron chi connectivity index (χ2n) is 4.96. The molecule has 0 aliphatic heterocycles. The molecule has 0 saturated heterocycles. The van der Waals surface area contributed by atoms with Crippen LogP contribution in [0.4, 0.5) is 0 Å². The monoisotopic (exact) mass is 190 g/mol. The molecule has 2 nitrogen and oxygen atoms in total. The van der Waals surface area contributed by atoms with Gasteiger partial charge in [-0.1, -0.05) is 20.8 Å². The summed E-state index contributed by atoms with van der Waals surface area (Å²) in [4.78, 5) is 8.76. The van der Waals surface area contributed by atoms with Gasteiger partial charge in [-0.25, -0.2) is 9.97 Å². The van der Waals surface area contributed by atoms with Gasteiger partial charge < -0.3 is 0 Å². The highest BCUT2D eigenvalue weighted by atomic mass is 14.9. The predicted molar refractivity (Wildman–Crippen MR) is 57.0 cm³/mol. The minimum absolute atomic E-state index is 0.349. The minimum Gasteiger partial charge on any atom is -0.241 e. The Bertz CT molecular complexity index is 305. The van der Waals surface area contributed by atoms with Crippen LogP contribution in [0.5, 0.6) is 0 Å². The van der Waals surface area contributed by atoms with Gasteiger partial charge in [-0.2, -0.15) is 0 Å². The normalized spacial score (nSPS) is 30.5. The Kier molecular flexibility index (Phi) is 2.30. The quantitative estimate of drug-likeness (QED) is 0.680. The van der Waals surface area contributed by atoms with E-state index in [0.29, 0.717) is 11.3 Å². The summed E-state index contributed by atoms with van der Waals surface area (Å²) in [7, 11) is 0. The molecule has 0 radical (unpaired) electrons. The molecule has 1 unspecified atom stereocenters. The zero-order valence-corrected chi connectivity index (χ0v) is 9.20. The van der Waals surface area contributed by atoms with Crippen LogP contribution in [-0.2, 0) is 0 Å². The summed E-state index contributed by atoms with van der Waals surface area (Å²) in [6.45, 7) is 7.01. The van der Waals surface area contributed by atoms with Gasteiger partial charge in [0, 0.05) is 18.3 Å². The van der Waals surface area contributed by atoms with Crippen LogP contribution >= 0.6 is 0 Å². The van der Waals surface area contributed by atoms with E-state index in [1.54, 1.807) is 0 Å². The molecule has 1 heterocycles. The molecule has 0 aromatic carbocycles. The fraction of sp³-hybridized carbons (Fsp3) is 0.667. The van der Waals surface area contributed by atoms with Crippen LogP contribution in [0.2, 0.25) is 0 Å². The maximum absolute atomic E-state index is 4.38. The zero-order valence-electron chi connectivity index (χ0n) is 9.20. The van der Waals surface area contributed by atoms with E-state index in [4.69, 9.17) is 0 Å². The van der Waals surface area contributed by atoms with Crippen molar-refractivity contribution in [1.29, 1.82) is 0 Å². The number of nitrogens with zero attached hydrogens (tertiary/aromatic N) is 2. The first-order valence-electron chi connectivity index (χ1n) is 5.39. The van der Waals surface area contributed by atoms with Gasteiger partial charge in [0.1, 0.15) is 5.82 Å². The van der Waals surface area contributed by atoms with Crippen LogP contribution in [0.25, 0.3) is 0 Å². The summed E-state index contributed by atoms with van der Waals surface area (Å²) < 4.78 is 0. The first-order chi connectivity index (χ1) is 6.62. The SMILES string of the molecule is CC1CC[C@H](c2ncccn2)C1(C)C. The third-order valence-corrected chi connectivity index (χ3v) is 3.95. The lowest BCUT2D eigenvalue weighted by atomic mass is 9.76. The molecular weight excluding hydrogens is 172 g/mol. The molecule has 1 aliphatic rings. The lowest BCUT2D eigenvalue weighted by Crippen LogP contribution is -2.23. The zero-order chi connectivity index (χ0) is 10.2. The molecule has 2 rings (SSSR count). The van der Waals surface area contributed by atoms with Crippen molar-refractivity contribution in [3.05, 3.63) is 24.3 Å². The molecule has 1 saturated carbocycles. The highest BCUT2D eigenvalue weighted by Gasteiger charge is 2.42. The highest BCUT2D eigenvalue weighted by Crippen LogP contribution is 2.51. The maximum Gasteiger partial charge on any atom is 0.131 e. The molecule has 0 bridgehead atoms. The standard InChI is InChI=1S/C12H18N2/c1-9-5-6-10(12(9,2)3)11-13-7-4-8-14-11/h4,7-10H,5-6H2,1-3H3/t9?,10-/m1/s1. The third-order valence-electron chi connectivity index (χ3n) is 3.95. The fourth-order valence-corrected chi connectivity index (χ4v) is 2.46. The Morgan fingerprint density at radius 1 is 1.21 bits per heavy atom. The van der Waals surface area contributed by atoms with E-state index < -0.39 is 0 Å². The summed E-state index contributed by atoms with van der Waals surface area (Å²) in [5, 5.41) is 0. The van der Waals surface area contributed by atoms with Crippen molar-refractivity contribution < 1.29 is 0 Å². The molecule has 2 heteroatoms. The predicted octanol–water partition coefficient (Wildman–Crippen LogP) is 3.02. The van der Waals surface area contributed by atoms with Crippen LogP contribution in [0, 0.1) is 11.3 Å². The highest BCUT2D eigenvalue weighted by molar-refractivity contribution is 5.07. The van der Waals surface area contributed by atoms with E-state index in [1.165, 1.54) is 12.8 Å². The van der Waals surface area contributed by atoms with Crippen LogP contribution in [0.1, 0.15) is 45.4 Å². The van der Waals surface area contributed by atoms with Crippen molar-refractivity contribution in [3.8, 4) is 0 Å². The van der Waals surface area contributed by atoms with E-state index in [1.807, 2.05) is 18.5 Å². The molecule has 1 fully saturated rings. The molecule has 0 N–H and O–H groups in total. The third kappa shape index (κ3) is 1.43. The summed E-state index contributed by atoms with van der Waals surface area (Å²) in [5.74, 6) is 2.34. The van der Waals surface area contributed by atoms with E-state index in [2.05, 4.69) is 30.7 Å². The Labute approximate surface area is 85.8 Å². The molecule has 1 aromatic heterocycles. The average molecular weight is 190 g/mol. The van der Waals surface area contributed by atoms with Gasteiger partial charge >= 0.3 is 0 Å². The summed E-state index contributed by atoms with van der Waals surface area (Å²) >= 11 is 0. The topological polar surface area (TPSA) is 25.8 Å². The molecule has 76 valence electrons. The fourth-order valence-electron chi connectivity index (χ4n) is 2.46. The Hall–Kier alpha value is -0.920. The first kappa shape index (κ1) is 9.63. The van der Waals surface area contributed by atoms with Crippen molar-refractivity contribution in [2.45, 2.75) is 39.5 Å². The lowest BCUT2D eigenvalue weighted by molar-refractivity contribution is 0.242. The van der Waals surface area contributed by atoms with E-state index in [9.17, 15) is 0 Å². The lowest BCUT2D eigenvalue weighted by Gasteiger charge is -2.30. The Morgan fingerprint density at radius 2 is 1.86 bits per heavy atom.